The molecule has 1 saturated heterocycles. The molecule has 0 aromatic heterocycles. The number of rotatable bonds is 6. The molecule has 2 atom stereocenters. The molecule has 2 unspecified atom stereocenters. The molecule has 1 aliphatic heterocycles. The van der Waals surface area contributed by atoms with Gasteiger partial charge in [0.2, 0.25) is 0 Å². The third-order valence-electron chi connectivity index (χ3n) is 4.38. The first-order valence-electron chi connectivity index (χ1n) is 7.37. The molecule has 18 heavy (non-hydrogen) atoms. The van der Waals surface area contributed by atoms with E-state index in [4.69, 9.17) is 0 Å². The minimum Gasteiger partial charge on any atom is -0.394 e. The van der Waals surface area contributed by atoms with Gasteiger partial charge in [-0.3, -0.25) is 4.90 Å². The summed E-state index contributed by atoms with van der Waals surface area (Å²) in [6.45, 7) is 9.01. The third kappa shape index (κ3) is 3.67. The molecule has 106 valence electrons. The average Bonchev–Trinajstić information content (AvgIpc) is 3.15. The highest BCUT2D eigenvalue weighted by Gasteiger charge is 2.35. The van der Waals surface area contributed by atoms with Crippen LogP contribution in [-0.4, -0.2) is 72.4 Å². The monoisotopic (exact) mass is 255 g/mol. The summed E-state index contributed by atoms with van der Waals surface area (Å²) in [6, 6.07) is 1.32. The van der Waals surface area contributed by atoms with Gasteiger partial charge in [-0.15, -0.1) is 0 Å². The second kappa shape index (κ2) is 5.87. The Morgan fingerprint density at radius 2 is 2.06 bits per heavy atom. The zero-order chi connectivity index (χ0) is 13.2. The molecule has 2 fully saturated rings. The zero-order valence-electron chi connectivity index (χ0n) is 12.2. The van der Waals surface area contributed by atoms with E-state index < -0.39 is 0 Å². The van der Waals surface area contributed by atoms with Gasteiger partial charge in [-0.1, -0.05) is 6.92 Å². The highest BCUT2D eigenvalue weighted by molar-refractivity contribution is 4.95. The van der Waals surface area contributed by atoms with E-state index in [2.05, 4.69) is 36.0 Å². The Balaban J connectivity index is 1.86. The lowest BCUT2D eigenvalue weighted by molar-refractivity contribution is 0.0546. The summed E-state index contributed by atoms with van der Waals surface area (Å²) in [5.41, 5.74) is -0.130. The average molecular weight is 255 g/mol. The fourth-order valence-electron chi connectivity index (χ4n) is 2.95. The molecular weight excluding hydrogens is 226 g/mol. The molecule has 0 bridgehead atoms. The number of likely N-dealkylation sites (N-methyl/N-ethyl adjacent to an activating group) is 1. The summed E-state index contributed by atoms with van der Waals surface area (Å²) in [5.74, 6) is 0. The highest BCUT2D eigenvalue weighted by Crippen LogP contribution is 2.23. The van der Waals surface area contributed by atoms with Gasteiger partial charge in [-0.05, 0) is 33.2 Å². The van der Waals surface area contributed by atoms with Crippen LogP contribution in [-0.2, 0) is 0 Å². The van der Waals surface area contributed by atoms with Crippen molar-refractivity contribution in [2.75, 3.05) is 39.8 Å². The number of nitrogens with one attached hydrogen (secondary N) is 1. The Hall–Kier alpha value is -0.160. The predicted octanol–water partition coefficient (Wildman–Crippen LogP) is 0.515. The Morgan fingerprint density at radius 3 is 2.61 bits per heavy atom. The van der Waals surface area contributed by atoms with E-state index in [9.17, 15) is 5.11 Å². The zero-order valence-corrected chi connectivity index (χ0v) is 12.2. The van der Waals surface area contributed by atoms with Crippen molar-refractivity contribution in [3.05, 3.63) is 0 Å². The predicted molar refractivity (Wildman–Crippen MR) is 74.8 cm³/mol. The molecule has 2 N–H and O–H groups in total. The third-order valence-corrected chi connectivity index (χ3v) is 4.38. The van der Waals surface area contributed by atoms with Gasteiger partial charge in [0.15, 0.2) is 0 Å². The van der Waals surface area contributed by atoms with Gasteiger partial charge >= 0.3 is 0 Å². The summed E-state index contributed by atoms with van der Waals surface area (Å²) in [4.78, 5) is 4.97. The van der Waals surface area contributed by atoms with Gasteiger partial charge in [0.05, 0.1) is 12.1 Å². The smallest absolute Gasteiger partial charge is 0.0623 e. The number of aliphatic hydroxyl groups excluding tert-OH is 1. The second-order valence-electron chi connectivity index (χ2n) is 6.42. The fourth-order valence-corrected chi connectivity index (χ4v) is 2.95. The lowest BCUT2D eigenvalue weighted by Gasteiger charge is -2.43. The van der Waals surface area contributed by atoms with Crippen LogP contribution < -0.4 is 5.32 Å². The molecule has 0 spiro atoms. The normalized spacial score (nSPS) is 30.3. The first-order chi connectivity index (χ1) is 8.56. The molecule has 1 saturated carbocycles. The first kappa shape index (κ1) is 14.3. The Bertz CT molecular complexity index is 270. The SMILES string of the molecule is CCC1CN(CC(C)(CO)NC2CC2)CCN1C. The number of hydrogen-bond donors (Lipinski definition) is 2. The molecule has 2 rings (SSSR count). The van der Waals surface area contributed by atoms with Crippen LogP contribution in [0.2, 0.25) is 0 Å². The summed E-state index contributed by atoms with van der Waals surface area (Å²) < 4.78 is 0. The van der Waals surface area contributed by atoms with Crippen LogP contribution in [0.5, 0.6) is 0 Å². The van der Waals surface area contributed by atoms with Crippen LogP contribution in [0.25, 0.3) is 0 Å². The summed E-state index contributed by atoms with van der Waals surface area (Å²) in [6.07, 6.45) is 3.75. The van der Waals surface area contributed by atoms with E-state index in [1.807, 2.05) is 0 Å². The largest absolute Gasteiger partial charge is 0.394 e. The fraction of sp³-hybridized carbons (Fsp3) is 1.00. The van der Waals surface area contributed by atoms with Crippen LogP contribution in [0.15, 0.2) is 0 Å². The summed E-state index contributed by atoms with van der Waals surface area (Å²) >= 11 is 0. The van der Waals surface area contributed by atoms with Crippen LogP contribution in [0.3, 0.4) is 0 Å². The van der Waals surface area contributed by atoms with Crippen molar-refractivity contribution in [2.45, 2.75) is 50.7 Å². The molecule has 0 radical (unpaired) electrons. The Morgan fingerprint density at radius 1 is 1.33 bits per heavy atom. The highest BCUT2D eigenvalue weighted by atomic mass is 16.3. The molecular formula is C14H29N3O. The van der Waals surface area contributed by atoms with Gasteiger partial charge in [0, 0.05) is 38.3 Å². The maximum atomic E-state index is 9.67. The number of nitrogens with zero attached hydrogens (tertiary/aromatic N) is 2. The van der Waals surface area contributed by atoms with Gasteiger partial charge in [-0.25, -0.2) is 0 Å². The van der Waals surface area contributed by atoms with Gasteiger partial charge in [-0.2, -0.15) is 0 Å². The lowest BCUT2D eigenvalue weighted by Crippen LogP contribution is -2.59. The molecule has 1 aliphatic carbocycles. The maximum Gasteiger partial charge on any atom is 0.0623 e. The van der Waals surface area contributed by atoms with E-state index in [0.29, 0.717) is 12.1 Å². The number of piperazine rings is 1. The first-order valence-corrected chi connectivity index (χ1v) is 7.37. The Labute approximate surface area is 111 Å². The molecule has 0 aromatic carbocycles. The van der Waals surface area contributed by atoms with Crippen molar-refractivity contribution >= 4 is 0 Å². The molecule has 1 heterocycles. The molecule has 0 aromatic rings. The lowest BCUT2D eigenvalue weighted by atomic mass is 10.0. The quantitative estimate of drug-likeness (QED) is 0.726. The minimum absolute atomic E-state index is 0.130. The van der Waals surface area contributed by atoms with Crippen molar-refractivity contribution in [1.82, 2.24) is 15.1 Å². The van der Waals surface area contributed by atoms with Crippen LogP contribution in [0.1, 0.15) is 33.1 Å². The van der Waals surface area contributed by atoms with Crippen LogP contribution >= 0.6 is 0 Å². The number of hydrogen-bond acceptors (Lipinski definition) is 4. The van der Waals surface area contributed by atoms with E-state index in [1.54, 1.807) is 0 Å². The van der Waals surface area contributed by atoms with Crippen molar-refractivity contribution in [2.24, 2.45) is 0 Å². The van der Waals surface area contributed by atoms with Crippen molar-refractivity contribution < 1.29 is 5.11 Å². The van der Waals surface area contributed by atoms with Crippen molar-refractivity contribution in [3.8, 4) is 0 Å². The van der Waals surface area contributed by atoms with Gasteiger partial charge < -0.3 is 15.3 Å². The summed E-state index contributed by atoms with van der Waals surface area (Å²) in [7, 11) is 2.22. The maximum absolute atomic E-state index is 9.67. The minimum atomic E-state index is -0.130. The Kier molecular flexibility index (Phi) is 4.64. The van der Waals surface area contributed by atoms with Crippen molar-refractivity contribution in [3.63, 3.8) is 0 Å². The van der Waals surface area contributed by atoms with Crippen LogP contribution in [0, 0.1) is 0 Å². The number of aliphatic hydroxyl groups is 1. The van der Waals surface area contributed by atoms with Gasteiger partial charge in [0.1, 0.15) is 0 Å². The van der Waals surface area contributed by atoms with E-state index in [1.165, 1.54) is 19.3 Å². The molecule has 4 nitrogen and oxygen atoms in total. The van der Waals surface area contributed by atoms with E-state index in [0.717, 1.165) is 26.2 Å². The van der Waals surface area contributed by atoms with E-state index >= 15 is 0 Å². The topological polar surface area (TPSA) is 38.7 Å². The second-order valence-corrected chi connectivity index (χ2v) is 6.42. The van der Waals surface area contributed by atoms with Crippen LogP contribution in [0.4, 0.5) is 0 Å². The molecule has 2 aliphatic rings. The van der Waals surface area contributed by atoms with Gasteiger partial charge in [0.25, 0.3) is 0 Å². The molecule has 0 amide bonds. The molecule has 4 heteroatoms. The van der Waals surface area contributed by atoms with E-state index in [-0.39, 0.29) is 12.1 Å². The summed E-state index contributed by atoms with van der Waals surface area (Å²) in [5, 5.41) is 13.3. The standard InChI is InChI=1S/C14H29N3O/c1-4-13-9-17(8-7-16(13)3)10-14(2,11-18)15-12-5-6-12/h12-13,15,18H,4-11H2,1-3H3. The van der Waals surface area contributed by atoms with Crippen molar-refractivity contribution in [1.29, 1.82) is 0 Å².